The summed E-state index contributed by atoms with van der Waals surface area (Å²) in [4.78, 5) is 30.0. The molecule has 2 amide bonds. The Hall–Kier alpha value is -3.64. The molecule has 1 saturated heterocycles. The fourth-order valence-electron chi connectivity index (χ4n) is 3.87. The molecule has 0 atom stereocenters. The highest BCUT2D eigenvalue weighted by atomic mass is 16.2. The van der Waals surface area contributed by atoms with Gasteiger partial charge in [-0.15, -0.1) is 0 Å². The summed E-state index contributed by atoms with van der Waals surface area (Å²) in [6.07, 6.45) is 0. The second-order valence-electron chi connectivity index (χ2n) is 7.79. The van der Waals surface area contributed by atoms with Gasteiger partial charge in [0.2, 0.25) is 0 Å². The molecule has 1 aliphatic heterocycles. The Morgan fingerprint density at radius 3 is 2.06 bits per heavy atom. The highest BCUT2D eigenvalue weighted by Crippen LogP contribution is 2.17. The van der Waals surface area contributed by atoms with Crippen molar-refractivity contribution >= 4 is 23.2 Å². The van der Waals surface area contributed by atoms with Crippen LogP contribution in [0.4, 0.5) is 11.4 Å². The third-order valence-electron chi connectivity index (χ3n) is 5.66. The van der Waals surface area contributed by atoms with Gasteiger partial charge in [-0.1, -0.05) is 48.5 Å². The first-order chi connectivity index (χ1) is 15.7. The Balaban J connectivity index is 1.26. The number of benzene rings is 3. The Morgan fingerprint density at radius 2 is 1.34 bits per heavy atom. The molecule has 0 radical (unpaired) electrons. The molecule has 3 aromatic rings. The van der Waals surface area contributed by atoms with E-state index in [1.807, 2.05) is 30.3 Å². The lowest BCUT2D eigenvalue weighted by molar-refractivity contribution is 0.0948. The van der Waals surface area contributed by atoms with Crippen LogP contribution in [0.5, 0.6) is 0 Å². The lowest BCUT2D eigenvalue weighted by Gasteiger charge is -2.36. The number of nitrogens with one attached hydrogen (secondary N) is 2. The number of para-hydroxylation sites is 2. The molecule has 0 bridgehead atoms. The minimum atomic E-state index is -0.234. The average molecular weight is 429 g/mol. The number of anilines is 2. The van der Waals surface area contributed by atoms with Crippen LogP contribution < -0.4 is 15.5 Å². The van der Waals surface area contributed by atoms with Crippen LogP contribution in [-0.2, 0) is 0 Å². The standard InChI is InChI=1S/C26H28N4O2/c31-25(21-9-3-1-4-10-21)28-24-14-8-7-13-23(24)26(32)27-15-16-29-17-19-30(20-18-29)22-11-5-2-6-12-22/h1-14H,15-20H2,(H,27,32)(H,28,31). The summed E-state index contributed by atoms with van der Waals surface area (Å²) in [6, 6.07) is 26.5. The summed E-state index contributed by atoms with van der Waals surface area (Å²) in [5.74, 6) is -0.418. The summed E-state index contributed by atoms with van der Waals surface area (Å²) in [6.45, 7) is 5.25. The molecular weight excluding hydrogens is 400 g/mol. The van der Waals surface area contributed by atoms with E-state index in [0.29, 0.717) is 23.4 Å². The second-order valence-corrected chi connectivity index (χ2v) is 7.79. The quantitative estimate of drug-likeness (QED) is 0.605. The Bertz CT molecular complexity index is 1030. The average Bonchev–Trinajstić information content (AvgIpc) is 2.86. The van der Waals surface area contributed by atoms with Crippen molar-refractivity contribution in [3.63, 3.8) is 0 Å². The summed E-state index contributed by atoms with van der Waals surface area (Å²) in [5.41, 5.74) is 2.79. The molecule has 6 heteroatoms. The van der Waals surface area contributed by atoms with Crippen molar-refractivity contribution in [2.24, 2.45) is 0 Å². The maximum atomic E-state index is 12.8. The van der Waals surface area contributed by atoms with Crippen molar-refractivity contribution in [1.29, 1.82) is 0 Å². The number of carbonyl (C=O) groups excluding carboxylic acids is 2. The number of carbonyl (C=O) groups is 2. The first-order valence-corrected chi connectivity index (χ1v) is 11.0. The molecule has 32 heavy (non-hydrogen) atoms. The van der Waals surface area contributed by atoms with Crippen molar-refractivity contribution in [2.45, 2.75) is 0 Å². The van der Waals surface area contributed by atoms with E-state index in [0.717, 1.165) is 32.7 Å². The maximum Gasteiger partial charge on any atom is 0.255 e. The highest BCUT2D eigenvalue weighted by Gasteiger charge is 2.18. The molecular formula is C26H28N4O2. The molecule has 3 aromatic carbocycles. The van der Waals surface area contributed by atoms with Crippen molar-refractivity contribution in [2.75, 3.05) is 49.5 Å². The van der Waals surface area contributed by atoms with E-state index in [2.05, 4.69) is 44.7 Å². The van der Waals surface area contributed by atoms with E-state index in [9.17, 15) is 9.59 Å². The van der Waals surface area contributed by atoms with Crippen molar-refractivity contribution in [3.8, 4) is 0 Å². The van der Waals surface area contributed by atoms with Crippen molar-refractivity contribution < 1.29 is 9.59 Å². The number of nitrogens with zero attached hydrogens (tertiary/aromatic N) is 2. The van der Waals surface area contributed by atoms with E-state index in [1.165, 1.54) is 5.69 Å². The zero-order chi connectivity index (χ0) is 22.2. The van der Waals surface area contributed by atoms with Crippen molar-refractivity contribution in [1.82, 2.24) is 10.2 Å². The Kier molecular flexibility index (Phi) is 7.15. The van der Waals surface area contributed by atoms with Gasteiger partial charge in [-0.25, -0.2) is 0 Å². The molecule has 4 rings (SSSR count). The van der Waals surface area contributed by atoms with Crippen LogP contribution in [0.3, 0.4) is 0 Å². The molecule has 0 aromatic heterocycles. The number of piperazine rings is 1. The Morgan fingerprint density at radius 1 is 0.719 bits per heavy atom. The fraction of sp³-hybridized carbons (Fsp3) is 0.231. The van der Waals surface area contributed by atoms with E-state index in [4.69, 9.17) is 0 Å². The van der Waals surface area contributed by atoms with E-state index in [-0.39, 0.29) is 11.8 Å². The number of hydrogen-bond acceptors (Lipinski definition) is 4. The third-order valence-corrected chi connectivity index (χ3v) is 5.66. The van der Waals surface area contributed by atoms with Crippen LogP contribution in [-0.4, -0.2) is 56.0 Å². The van der Waals surface area contributed by atoms with E-state index >= 15 is 0 Å². The lowest BCUT2D eigenvalue weighted by Crippen LogP contribution is -2.48. The molecule has 0 aliphatic carbocycles. The van der Waals surface area contributed by atoms with E-state index < -0.39 is 0 Å². The number of amides is 2. The third kappa shape index (κ3) is 5.53. The van der Waals surface area contributed by atoms with Gasteiger partial charge in [0.15, 0.2) is 0 Å². The van der Waals surface area contributed by atoms with Gasteiger partial charge in [0.1, 0.15) is 0 Å². The summed E-state index contributed by atoms with van der Waals surface area (Å²) < 4.78 is 0. The predicted molar refractivity (Wildman–Crippen MR) is 128 cm³/mol. The minimum Gasteiger partial charge on any atom is -0.369 e. The zero-order valence-electron chi connectivity index (χ0n) is 18.0. The monoisotopic (exact) mass is 428 g/mol. The molecule has 1 heterocycles. The normalized spacial score (nSPS) is 14.1. The molecule has 6 nitrogen and oxygen atoms in total. The molecule has 0 unspecified atom stereocenters. The zero-order valence-corrected chi connectivity index (χ0v) is 18.0. The molecule has 1 fully saturated rings. The first kappa shape index (κ1) is 21.6. The Labute approximate surface area is 188 Å². The number of rotatable bonds is 7. The van der Waals surface area contributed by atoms with E-state index in [1.54, 1.807) is 30.3 Å². The molecule has 0 spiro atoms. The molecule has 1 aliphatic rings. The predicted octanol–water partition coefficient (Wildman–Crippen LogP) is 3.49. The molecule has 0 saturated carbocycles. The highest BCUT2D eigenvalue weighted by molar-refractivity contribution is 6.08. The van der Waals surface area contributed by atoms with Crippen LogP contribution in [0.2, 0.25) is 0 Å². The van der Waals surface area contributed by atoms with Gasteiger partial charge < -0.3 is 15.5 Å². The lowest BCUT2D eigenvalue weighted by atomic mass is 10.1. The van der Waals surface area contributed by atoms with Gasteiger partial charge in [0, 0.05) is 50.5 Å². The fourth-order valence-corrected chi connectivity index (χ4v) is 3.87. The van der Waals surface area contributed by atoms with Gasteiger partial charge in [-0.2, -0.15) is 0 Å². The van der Waals surface area contributed by atoms with Crippen LogP contribution in [0.25, 0.3) is 0 Å². The van der Waals surface area contributed by atoms with Gasteiger partial charge in [0.05, 0.1) is 11.3 Å². The summed E-state index contributed by atoms with van der Waals surface area (Å²) in [7, 11) is 0. The summed E-state index contributed by atoms with van der Waals surface area (Å²) in [5, 5.41) is 5.85. The first-order valence-electron chi connectivity index (χ1n) is 11.0. The topological polar surface area (TPSA) is 64.7 Å². The van der Waals surface area contributed by atoms with Gasteiger partial charge in [-0.05, 0) is 36.4 Å². The largest absolute Gasteiger partial charge is 0.369 e. The number of hydrogen-bond donors (Lipinski definition) is 2. The molecule has 164 valence electrons. The van der Waals surface area contributed by atoms with Crippen LogP contribution in [0, 0.1) is 0 Å². The smallest absolute Gasteiger partial charge is 0.255 e. The van der Waals surface area contributed by atoms with Gasteiger partial charge >= 0.3 is 0 Å². The summed E-state index contributed by atoms with van der Waals surface area (Å²) >= 11 is 0. The van der Waals surface area contributed by atoms with Crippen LogP contribution in [0.1, 0.15) is 20.7 Å². The van der Waals surface area contributed by atoms with Crippen molar-refractivity contribution in [3.05, 3.63) is 96.1 Å². The van der Waals surface area contributed by atoms with Gasteiger partial charge in [-0.3, -0.25) is 14.5 Å². The van der Waals surface area contributed by atoms with Crippen LogP contribution in [0.15, 0.2) is 84.9 Å². The SMILES string of the molecule is O=C(Nc1ccccc1C(=O)NCCN1CCN(c2ccccc2)CC1)c1ccccc1. The van der Waals surface area contributed by atoms with Crippen LogP contribution >= 0.6 is 0 Å². The maximum absolute atomic E-state index is 12.8. The minimum absolute atomic E-state index is 0.183. The molecule has 2 N–H and O–H groups in total. The van der Waals surface area contributed by atoms with Gasteiger partial charge in [0.25, 0.3) is 11.8 Å². The second kappa shape index (κ2) is 10.6.